The third-order valence-corrected chi connectivity index (χ3v) is 2.77. The van der Waals surface area contributed by atoms with E-state index in [0.717, 1.165) is 30.7 Å². The minimum Gasteiger partial charge on any atom is -0.493 e. The van der Waals surface area contributed by atoms with E-state index in [1.54, 1.807) is 0 Å². The molecule has 0 aliphatic heterocycles. The maximum Gasteiger partial charge on any atom is 0.223 e. The number of hydrogen-bond donors (Lipinski definition) is 1. The van der Waals surface area contributed by atoms with E-state index in [2.05, 4.69) is 25.2 Å². The molecule has 18 heavy (non-hydrogen) atoms. The first-order valence-corrected chi connectivity index (χ1v) is 6.60. The minimum absolute atomic E-state index is 0.0632. The van der Waals surface area contributed by atoms with E-state index in [9.17, 15) is 4.79 Å². The summed E-state index contributed by atoms with van der Waals surface area (Å²) in [4.78, 5) is 11.5. The molecular formula is C15H23NO2. The van der Waals surface area contributed by atoms with Gasteiger partial charge in [-0.3, -0.25) is 4.79 Å². The fraction of sp³-hybridized carbons (Fsp3) is 0.533. The zero-order chi connectivity index (χ0) is 13.4. The smallest absolute Gasteiger partial charge is 0.223 e. The normalized spacial score (nSPS) is 10.2. The Bertz CT molecular complexity index is 388. The van der Waals surface area contributed by atoms with Crippen molar-refractivity contribution in [1.29, 1.82) is 0 Å². The van der Waals surface area contributed by atoms with E-state index in [1.807, 2.05) is 19.1 Å². The van der Waals surface area contributed by atoms with Gasteiger partial charge in [-0.1, -0.05) is 31.0 Å². The van der Waals surface area contributed by atoms with Gasteiger partial charge in [0.2, 0.25) is 5.91 Å². The third kappa shape index (κ3) is 5.21. The maximum atomic E-state index is 11.5. The molecule has 0 saturated heterocycles. The van der Waals surface area contributed by atoms with Crippen molar-refractivity contribution in [3.8, 4) is 5.75 Å². The Hall–Kier alpha value is -1.51. The van der Waals surface area contributed by atoms with Crippen LogP contribution >= 0.6 is 0 Å². The fourth-order valence-corrected chi connectivity index (χ4v) is 1.71. The quantitative estimate of drug-likeness (QED) is 0.754. The number of aryl methyl sites for hydroxylation is 2. The minimum atomic E-state index is 0.0632. The highest BCUT2D eigenvalue weighted by Crippen LogP contribution is 2.18. The van der Waals surface area contributed by atoms with Gasteiger partial charge in [-0.2, -0.15) is 0 Å². The van der Waals surface area contributed by atoms with Crippen molar-refractivity contribution in [2.45, 2.75) is 40.0 Å². The summed E-state index contributed by atoms with van der Waals surface area (Å²) in [5.41, 5.74) is 2.33. The number of carbonyl (C=O) groups is 1. The van der Waals surface area contributed by atoms with E-state index in [1.165, 1.54) is 5.56 Å². The zero-order valence-corrected chi connectivity index (χ0v) is 11.6. The molecule has 1 rings (SSSR count). The molecule has 3 nitrogen and oxygen atoms in total. The molecule has 1 N–H and O–H groups in total. The van der Waals surface area contributed by atoms with Crippen LogP contribution in [0.1, 0.15) is 37.3 Å². The lowest BCUT2D eigenvalue weighted by Gasteiger charge is -2.09. The second-order valence-electron chi connectivity index (χ2n) is 4.57. The highest BCUT2D eigenvalue weighted by atomic mass is 16.5. The lowest BCUT2D eigenvalue weighted by Crippen LogP contribution is -2.25. The molecule has 0 aliphatic carbocycles. The molecular weight excluding hydrogens is 226 g/mol. The molecule has 0 unspecified atom stereocenters. The summed E-state index contributed by atoms with van der Waals surface area (Å²) in [5.74, 6) is 0.926. The van der Waals surface area contributed by atoms with Gasteiger partial charge in [-0.15, -0.1) is 0 Å². The first-order valence-electron chi connectivity index (χ1n) is 6.60. The van der Waals surface area contributed by atoms with Crippen LogP contribution in [0, 0.1) is 13.8 Å². The molecule has 0 fully saturated rings. The summed E-state index contributed by atoms with van der Waals surface area (Å²) in [5, 5.41) is 2.87. The summed E-state index contributed by atoms with van der Waals surface area (Å²) >= 11 is 0. The van der Waals surface area contributed by atoms with Gasteiger partial charge < -0.3 is 10.1 Å². The molecule has 0 aliphatic rings. The average molecular weight is 249 g/mol. The summed E-state index contributed by atoms with van der Waals surface area (Å²) in [7, 11) is 0. The number of ether oxygens (including phenoxy) is 1. The number of hydrogen-bond acceptors (Lipinski definition) is 2. The topological polar surface area (TPSA) is 38.3 Å². The molecule has 1 amide bonds. The van der Waals surface area contributed by atoms with E-state index >= 15 is 0 Å². The van der Waals surface area contributed by atoms with E-state index in [4.69, 9.17) is 4.74 Å². The predicted molar refractivity (Wildman–Crippen MR) is 73.9 cm³/mol. The number of amides is 1. The van der Waals surface area contributed by atoms with Crippen LogP contribution in [-0.4, -0.2) is 19.1 Å². The van der Waals surface area contributed by atoms with Crippen molar-refractivity contribution in [1.82, 2.24) is 5.32 Å². The zero-order valence-electron chi connectivity index (χ0n) is 11.6. The van der Waals surface area contributed by atoms with Crippen LogP contribution in [-0.2, 0) is 4.79 Å². The van der Waals surface area contributed by atoms with Gasteiger partial charge in [0.05, 0.1) is 13.0 Å². The highest BCUT2D eigenvalue weighted by molar-refractivity contribution is 5.75. The summed E-state index contributed by atoms with van der Waals surface area (Å²) in [6.45, 7) is 7.37. The van der Waals surface area contributed by atoms with E-state index in [-0.39, 0.29) is 5.91 Å². The third-order valence-electron chi connectivity index (χ3n) is 2.77. The SMILES string of the molecule is CCCCNC(=O)CCOc1ccc(C)cc1C. The molecule has 0 heterocycles. The average Bonchev–Trinajstić information content (AvgIpc) is 2.32. The van der Waals surface area contributed by atoms with Gasteiger partial charge >= 0.3 is 0 Å². The number of unbranched alkanes of at least 4 members (excludes halogenated alkanes) is 1. The van der Waals surface area contributed by atoms with Crippen molar-refractivity contribution in [2.75, 3.05) is 13.2 Å². The van der Waals surface area contributed by atoms with Gasteiger partial charge in [-0.05, 0) is 31.9 Å². The predicted octanol–water partition coefficient (Wildman–Crippen LogP) is 2.99. The molecule has 1 aromatic carbocycles. The van der Waals surface area contributed by atoms with E-state index in [0.29, 0.717) is 13.0 Å². The van der Waals surface area contributed by atoms with Gasteiger partial charge in [0.1, 0.15) is 5.75 Å². The van der Waals surface area contributed by atoms with Crippen LogP contribution in [0.25, 0.3) is 0 Å². The van der Waals surface area contributed by atoms with Gasteiger partial charge in [0, 0.05) is 6.54 Å². The van der Waals surface area contributed by atoms with Crippen molar-refractivity contribution in [3.05, 3.63) is 29.3 Å². The molecule has 0 radical (unpaired) electrons. The molecule has 0 atom stereocenters. The molecule has 100 valence electrons. The van der Waals surface area contributed by atoms with Crippen molar-refractivity contribution < 1.29 is 9.53 Å². The first kappa shape index (κ1) is 14.6. The Morgan fingerprint density at radius 1 is 1.33 bits per heavy atom. The number of carbonyl (C=O) groups excluding carboxylic acids is 1. The van der Waals surface area contributed by atoms with Gasteiger partial charge in [0.25, 0.3) is 0 Å². The Kier molecular flexibility index (Phi) is 6.26. The first-order chi connectivity index (χ1) is 8.63. The Morgan fingerprint density at radius 2 is 2.11 bits per heavy atom. The molecule has 0 saturated carbocycles. The van der Waals surface area contributed by atoms with Crippen LogP contribution < -0.4 is 10.1 Å². The summed E-state index contributed by atoms with van der Waals surface area (Å²) in [6, 6.07) is 6.06. The highest BCUT2D eigenvalue weighted by Gasteiger charge is 2.03. The van der Waals surface area contributed by atoms with Crippen LogP contribution in [0.5, 0.6) is 5.75 Å². The van der Waals surface area contributed by atoms with Crippen molar-refractivity contribution >= 4 is 5.91 Å². The molecule has 0 bridgehead atoms. The Labute approximate surface area is 110 Å². The molecule has 0 aromatic heterocycles. The molecule has 1 aromatic rings. The largest absolute Gasteiger partial charge is 0.493 e. The molecule has 0 spiro atoms. The lowest BCUT2D eigenvalue weighted by atomic mass is 10.1. The molecule has 3 heteroatoms. The number of benzene rings is 1. The van der Waals surface area contributed by atoms with Crippen LogP contribution in [0.3, 0.4) is 0 Å². The lowest BCUT2D eigenvalue weighted by molar-refractivity contribution is -0.121. The standard InChI is InChI=1S/C15H23NO2/c1-4-5-9-16-15(17)8-10-18-14-7-6-12(2)11-13(14)3/h6-7,11H,4-5,8-10H2,1-3H3,(H,16,17). The van der Waals surface area contributed by atoms with Crippen LogP contribution in [0.4, 0.5) is 0 Å². The fourth-order valence-electron chi connectivity index (χ4n) is 1.71. The van der Waals surface area contributed by atoms with Crippen LogP contribution in [0.15, 0.2) is 18.2 Å². The van der Waals surface area contributed by atoms with Gasteiger partial charge in [-0.25, -0.2) is 0 Å². The summed E-state index contributed by atoms with van der Waals surface area (Å²) in [6.07, 6.45) is 2.54. The Morgan fingerprint density at radius 3 is 2.78 bits per heavy atom. The number of nitrogens with one attached hydrogen (secondary N) is 1. The maximum absolute atomic E-state index is 11.5. The van der Waals surface area contributed by atoms with Crippen molar-refractivity contribution in [3.63, 3.8) is 0 Å². The monoisotopic (exact) mass is 249 g/mol. The summed E-state index contributed by atoms with van der Waals surface area (Å²) < 4.78 is 5.61. The van der Waals surface area contributed by atoms with Crippen molar-refractivity contribution in [2.24, 2.45) is 0 Å². The van der Waals surface area contributed by atoms with E-state index < -0.39 is 0 Å². The second kappa shape index (κ2) is 7.75. The number of rotatable bonds is 7. The Balaban J connectivity index is 2.26. The van der Waals surface area contributed by atoms with Gasteiger partial charge in [0.15, 0.2) is 0 Å². The second-order valence-corrected chi connectivity index (χ2v) is 4.57. The van der Waals surface area contributed by atoms with Crippen LogP contribution in [0.2, 0.25) is 0 Å².